The summed E-state index contributed by atoms with van der Waals surface area (Å²) in [4.78, 5) is 0. The normalized spacial score (nSPS) is 19.9. The lowest BCUT2D eigenvalue weighted by Crippen LogP contribution is -2.55. The van der Waals surface area contributed by atoms with E-state index in [0.29, 0.717) is 25.6 Å². The van der Waals surface area contributed by atoms with Gasteiger partial charge in [-0.2, -0.15) is 4.31 Å². The van der Waals surface area contributed by atoms with E-state index < -0.39 is 15.6 Å². The number of rotatable bonds is 4. The molecule has 0 aromatic heterocycles. The van der Waals surface area contributed by atoms with Crippen LogP contribution in [0.1, 0.15) is 25.0 Å². The molecule has 0 aliphatic carbocycles. The summed E-state index contributed by atoms with van der Waals surface area (Å²) in [6.07, 6.45) is 0. The molecule has 1 saturated heterocycles. The summed E-state index contributed by atoms with van der Waals surface area (Å²) in [6, 6.07) is 7.37. The first-order valence-electron chi connectivity index (χ1n) is 6.57. The molecule has 4 nitrogen and oxygen atoms in total. The van der Waals surface area contributed by atoms with Gasteiger partial charge >= 0.3 is 0 Å². The lowest BCUT2D eigenvalue weighted by molar-refractivity contribution is -0.00777. The van der Waals surface area contributed by atoms with Gasteiger partial charge in [0.2, 0.25) is 10.0 Å². The Morgan fingerprint density at radius 1 is 1.25 bits per heavy atom. The zero-order valence-corrected chi connectivity index (χ0v) is 13.4. The van der Waals surface area contributed by atoms with Gasteiger partial charge in [-0.25, -0.2) is 8.42 Å². The molecular weight excluding hydrogens is 298 g/mol. The van der Waals surface area contributed by atoms with Crippen LogP contribution in [0.2, 0.25) is 0 Å². The Morgan fingerprint density at radius 3 is 2.40 bits per heavy atom. The number of nitrogens with zero attached hydrogens (tertiary/aromatic N) is 1. The van der Waals surface area contributed by atoms with Gasteiger partial charge < -0.3 is 4.74 Å². The van der Waals surface area contributed by atoms with Crippen LogP contribution in [0.3, 0.4) is 0 Å². The van der Waals surface area contributed by atoms with Crippen LogP contribution in [0.15, 0.2) is 24.3 Å². The standard InChI is InChI=1S/C14H20ClNO3S/c1-14(2)11-19-8-7-16(14)20(17,18)10-13-5-3-12(9-15)4-6-13/h3-6H,7-11H2,1-2H3. The number of halogens is 1. The highest BCUT2D eigenvalue weighted by molar-refractivity contribution is 7.88. The summed E-state index contributed by atoms with van der Waals surface area (Å²) in [5.74, 6) is 0.447. The molecule has 6 heteroatoms. The Hall–Kier alpha value is -0.620. The first-order valence-corrected chi connectivity index (χ1v) is 8.71. The number of alkyl halides is 1. The van der Waals surface area contributed by atoms with E-state index in [1.54, 1.807) is 4.31 Å². The second-order valence-electron chi connectivity index (χ2n) is 5.64. The molecule has 0 N–H and O–H groups in total. The van der Waals surface area contributed by atoms with Crippen LogP contribution >= 0.6 is 11.6 Å². The smallest absolute Gasteiger partial charge is 0.218 e. The van der Waals surface area contributed by atoms with Crippen molar-refractivity contribution in [1.29, 1.82) is 0 Å². The van der Waals surface area contributed by atoms with Crippen molar-refractivity contribution in [3.63, 3.8) is 0 Å². The fraction of sp³-hybridized carbons (Fsp3) is 0.571. The summed E-state index contributed by atoms with van der Waals surface area (Å²) < 4.78 is 32.1. The summed E-state index contributed by atoms with van der Waals surface area (Å²) in [5, 5.41) is 0. The average molecular weight is 318 g/mol. The van der Waals surface area contributed by atoms with E-state index in [0.717, 1.165) is 11.1 Å². The third-order valence-electron chi connectivity index (χ3n) is 3.43. The van der Waals surface area contributed by atoms with Gasteiger partial charge in [0.1, 0.15) is 0 Å². The lowest BCUT2D eigenvalue weighted by atomic mass is 10.1. The van der Waals surface area contributed by atoms with Crippen LogP contribution in [-0.2, 0) is 26.4 Å². The van der Waals surface area contributed by atoms with Gasteiger partial charge in [0, 0.05) is 12.4 Å². The van der Waals surface area contributed by atoms with Crippen LogP contribution in [0, 0.1) is 0 Å². The second kappa shape index (κ2) is 6.02. The Morgan fingerprint density at radius 2 is 1.85 bits per heavy atom. The number of hydrogen-bond acceptors (Lipinski definition) is 3. The SMILES string of the molecule is CC1(C)COCCN1S(=O)(=O)Cc1ccc(CCl)cc1. The van der Waals surface area contributed by atoms with Crippen molar-refractivity contribution in [2.24, 2.45) is 0 Å². The molecule has 0 saturated carbocycles. The zero-order valence-electron chi connectivity index (χ0n) is 11.8. The maximum Gasteiger partial charge on any atom is 0.218 e. The Bertz CT molecular complexity index is 554. The molecule has 0 radical (unpaired) electrons. The van der Waals surface area contributed by atoms with Crippen molar-refractivity contribution in [2.45, 2.75) is 31.0 Å². The van der Waals surface area contributed by atoms with E-state index in [4.69, 9.17) is 16.3 Å². The molecule has 0 amide bonds. The van der Waals surface area contributed by atoms with Crippen molar-refractivity contribution in [3.05, 3.63) is 35.4 Å². The zero-order chi connectivity index (χ0) is 14.8. The number of ether oxygens (including phenoxy) is 1. The second-order valence-corrected chi connectivity index (χ2v) is 7.80. The quantitative estimate of drug-likeness (QED) is 0.801. The molecule has 1 heterocycles. The van der Waals surface area contributed by atoms with Gasteiger partial charge in [-0.3, -0.25) is 0 Å². The molecule has 1 aliphatic heterocycles. The first kappa shape index (κ1) is 15.8. The fourth-order valence-corrected chi connectivity index (χ4v) is 4.48. The van der Waals surface area contributed by atoms with Gasteiger partial charge in [-0.05, 0) is 25.0 Å². The largest absolute Gasteiger partial charge is 0.378 e. The van der Waals surface area contributed by atoms with Crippen LogP contribution in [-0.4, -0.2) is 38.0 Å². The Kier molecular flexibility index (Phi) is 4.74. The predicted octanol–water partition coefficient (Wildman–Crippen LogP) is 2.37. The van der Waals surface area contributed by atoms with E-state index in [9.17, 15) is 8.42 Å². The van der Waals surface area contributed by atoms with Crippen molar-refractivity contribution >= 4 is 21.6 Å². The van der Waals surface area contributed by atoms with Gasteiger partial charge in [0.05, 0.1) is 24.5 Å². The van der Waals surface area contributed by atoms with Gasteiger partial charge in [-0.15, -0.1) is 11.6 Å². The van der Waals surface area contributed by atoms with E-state index in [-0.39, 0.29) is 5.75 Å². The molecule has 0 bridgehead atoms. The van der Waals surface area contributed by atoms with Gasteiger partial charge in [0.25, 0.3) is 0 Å². The maximum absolute atomic E-state index is 12.6. The average Bonchev–Trinajstić information content (AvgIpc) is 2.38. The number of benzene rings is 1. The highest BCUT2D eigenvalue weighted by Crippen LogP contribution is 2.25. The molecule has 1 aromatic rings. The minimum Gasteiger partial charge on any atom is -0.378 e. The minimum absolute atomic E-state index is 0.0129. The van der Waals surface area contributed by atoms with Crippen molar-refractivity contribution in [2.75, 3.05) is 19.8 Å². The Balaban J connectivity index is 2.17. The topological polar surface area (TPSA) is 46.6 Å². The molecule has 20 heavy (non-hydrogen) atoms. The van der Waals surface area contributed by atoms with Crippen LogP contribution in [0.4, 0.5) is 0 Å². The molecule has 1 aliphatic rings. The minimum atomic E-state index is -3.34. The molecule has 0 atom stereocenters. The van der Waals surface area contributed by atoms with Crippen molar-refractivity contribution in [3.8, 4) is 0 Å². The highest BCUT2D eigenvalue weighted by atomic mass is 35.5. The molecular formula is C14H20ClNO3S. The van der Waals surface area contributed by atoms with E-state index >= 15 is 0 Å². The van der Waals surface area contributed by atoms with Crippen LogP contribution in [0.25, 0.3) is 0 Å². The predicted molar refractivity (Wildman–Crippen MR) is 80.2 cm³/mol. The summed E-state index contributed by atoms with van der Waals surface area (Å²) in [5.41, 5.74) is 1.27. The molecule has 1 fully saturated rings. The van der Waals surface area contributed by atoms with Crippen LogP contribution < -0.4 is 0 Å². The van der Waals surface area contributed by atoms with Crippen molar-refractivity contribution < 1.29 is 13.2 Å². The fourth-order valence-electron chi connectivity index (χ4n) is 2.37. The van der Waals surface area contributed by atoms with E-state index in [2.05, 4.69) is 0 Å². The maximum atomic E-state index is 12.6. The first-order chi connectivity index (χ1) is 9.35. The third-order valence-corrected chi connectivity index (χ3v) is 5.79. The Labute approximate surface area is 125 Å². The van der Waals surface area contributed by atoms with Gasteiger partial charge in [0.15, 0.2) is 0 Å². The number of hydrogen-bond donors (Lipinski definition) is 0. The summed E-state index contributed by atoms with van der Waals surface area (Å²) in [7, 11) is -3.34. The van der Waals surface area contributed by atoms with Crippen LogP contribution in [0.5, 0.6) is 0 Å². The third kappa shape index (κ3) is 3.52. The van der Waals surface area contributed by atoms with Crippen molar-refractivity contribution in [1.82, 2.24) is 4.31 Å². The molecule has 112 valence electrons. The summed E-state index contributed by atoms with van der Waals surface area (Å²) >= 11 is 5.73. The number of sulfonamides is 1. The lowest BCUT2D eigenvalue weighted by Gasteiger charge is -2.40. The molecule has 2 rings (SSSR count). The monoisotopic (exact) mass is 317 g/mol. The van der Waals surface area contributed by atoms with E-state index in [1.807, 2.05) is 38.1 Å². The molecule has 1 aromatic carbocycles. The molecule has 0 spiro atoms. The van der Waals surface area contributed by atoms with Gasteiger partial charge in [-0.1, -0.05) is 24.3 Å². The van der Waals surface area contributed by atoms with E-state index in [1.165, 1.54) is 0 Å². The molecule has 0 unspecified atom stereocenters. The number of morpholine rings is 1. The summed E-state index contributed by atoms with van der Waals surface area (Å²) in [6.45, 7) is 5.07. The highest BCUT2D eigenvalue weighted by Gasteiger charge is 2.38.